The third kappa shape index (κ3) is 2.49. The Morgan fingerprint density at radius 3 is 2.67 bits per heavy atom. The zero-order valence-electron chi connectivity index (χ0n) is 14.9. The number of ether oxygens (including phenoxy) is 4. The maximum Gasteiger partial charge on any atom is 0.231 e. The number of methoxy groups -OCH3 is 1. The maximum atomic E-state index is 5.89. The predicted octanol–water partition coefficient (Wildman–Crippen LogP) is 2.81. The van der Waals surface area contributed by atoms with Crippen LogP contribution in [0.25, 0.3) is 27.1 Å². The van der Waals surface area contributed by atoms with Crippen molar-refractivity contribution in [2.75, 3.05) is 27.1 Å². The van der Waals surface area contributed by atoms with Crippen molar-refractivity contribution in [2.45, 2.75) is 0 Å². The molecule has 6 heteroatoms. The van der Waals surface area contributed by atoms with Crippen LogP contribution in [0.5, 0.6) is 23.0 Å². The minimum Gasteiger partial charge on any atom is -0.493 e. The Balaban J connectivity index is 1.80. The first kappa shape index (κ1) is 16.0. The van der Waals surface area contributed by atoms with Gasteiger partial charge in [-0.2, -0.15) is 4.40 Å². The zero-order valence-corrected chi connectivity index (χ0v) is 14.9. The zero-order chi connectivity index (χ0) is 18.4. The molecule has 0 radical (unpaired) electrons. The Morgan fingerprint density at radius 1 is 1.04 bits per heavy atom. The van der Waals surface area contributed by atoms with Crippen molar-refractivity contribution in [1.82, 2.24) is 0 Å². The summed E-state index contributed by atoms with van der Waals surface area (Å²) in [6.45, 7) is 1.14. The molecule has 6 nitrogen and oxygen atoms in total. The van der Waals surface area contributed by atoms with Crippen LogP contribution >= 0.6 is 0 Å². The van der Waals surface area contributed by atoms with E-state index < -0.39 is 0 Å². The Kier molecular flexibility index (Phi) is 3.65. The van der Waals surface area contributed by atoms with E-state index >= 15 is 0 Å². The standard InChI is InChI=1S/C21H19N2O4/c1-24-18-3-2-13-8-17-15-10-20-19(26-12-27-20)9-14(15)4-6-23(17)11-16(13)21(18)25-7-5-22/h2-4,6,8-11H,5,7,12,22H2,1H3/q+1. The summed E-state index contributed by atoms with van der Waals surface area (Å²) in [7, 11) is 1.64. The molecule has 3 heterocycles. The van der Waals surface area contributed by atoms with E-state index in [-0.39, 0.29) is 6.79 Å². The summed E-state index contributed by atoms with van der Waals surface area (Å²) in [5, 5.41) is 4.24. The average molecular weight is 363 g/mol. The van der Waals surface area contributed by atoms with Gasteiger partial charge in [-0.05, 0) is 35.0 Å². The summed E-state index contributed by atoms with van der Waals surface area (Å²) in [6, 6.07) is 12.2. The molecule has 5 rings (SSSR count). The normalized spacial score (nSPS) is 12.8. The van der Waals surface area contributed by atoms with Crippen LogP contribution in [0.4, 0.5) is 0 Å². The number of benzene rings is 2. The molecule has 0 saturated heterocycles. The van der Waals surface area contributed by atoms with E-state index in [9.17, 15) is 0 Å². The minimum absolute atomic E-state index is 0.265. The first-order valence-corrected chi connectivity index (χ1v) is 8.79. The number of pyridine rings is 2. The lowest BCUT2D eigenvalue weighted by molar-refractivity contribution is -0.509. The van der Waals surface area contributed by atoms with E-state index in [1.165, 1.54) is 0 Å². The van der Waals surface area contributed by atoms with Gasteiger partial charge in [0.15, 0.2) is 35.4 Å². The number of nitrogens with two attached hydrogens (primary N) is 1. The molecule has 1 aliphatic heterocycles. The maximum absolute atomic E-state index is 5.89. The summed E-state index contributed by atoms with van der Waals surface area (Å²) in [6.07, 6.45) is 4.09. The molecule has 0 saturated carbocycles. The van der Waals surface area contributed by atoms with Gasteiger partial charge in [-0.25, -0.2) is 0 Å². The van der Waals surface area contributed by atoms with Crippen molar-refractivity contribution in [3.63, 3.8) is 0 Å². The van der Waals surface area contributed by atoms with Crippen molar-refractivity contribution in [2.24, 2.45) is 5.73 Å². The fraction of sp³-hybridized carbons (Fsp3) is 0.190. The Labute approximate surface area is 155 Å². The minimum atomic E-state index is 0.265. The highest BCUT2D eigenvalue weighted by Crippen LogP contribution is 2.39. The highest BCUT2D eigenvalue weighted by atomic mass is 16.7. The number of fused-ring (bicyclic) bond motifs is 5. The van der Waals surface area contributed by atoms with Gasteiger partial charge >= 0.3 is 0 Å². The van der Waals surface area contributed by atoms with E-state index in [4.69, 9.17) is 24.7 Å². The second-order valence-corrected chi connectivity index (χ2v) is 6.41. The van der Waals surface area contributed by atoms with Gasteiger partial charge in [0.2, 0.25) is 12.3 Å². The molecule has 0 spiro atoms. The molecule has 2 aromatic heterocycles. The Morgan fingerprint density at radius 2 is 1.85 bits per heavy atom. The third-order valence-corrected chi connectivity index (χ3v) is 4.85. The molecule has 2 N–H and O–H groups in total. The highest BCUT2D eigenvalue weighted by molar-refractivity contribution is 6.00. The molecule has 0 bridgehead atoms. The van der Waals surface area contributed by atoms with E-state index in [1.807, 2.05) is 30.5 Å². The molecule has 136 valence electrons. The molecule has 2 aromatic carbocycles. The number of nitrogens with zero attached hydrogens (tertiary/aromatic N) is 1. The SMILES string of the molecule is COc1ccc2cc3c4cc5c(cc4cc[n+]3cc2c1OCCN)OCO5. The van der Waals surface area contributed by atoms with Crippen LogP contribution in [0.2, 0.25) is 0 Å². The predicted molar refractivity (Wildman–Crippen MR) is 102 cm³/mol. The van der Waals surface area contributed by atoms with Crippen LogP contribution in [-0.4, -0.2) is 27.1 Å². The van der Waals surface area contributed by atoms with Crippen LogP contribution in [0.15, 0.2) is 48.8 Å². The molecular weight excluding hydrogens is 344 g/mol. The van der Waals surface area contributed by atoms with Gasteiger partial charge in [-0.3, -0.25) is 0 Å². The van der Waals surface area contributed by atoms with Gasteiger partial charge in [-0.15, -0.1) is 0 Å². The van der Waals surface area contributed by atoms with Gasteiger partial charge in [0, 0.05) is 18.7 Å². The van der Waals surface area contributed by atoms with Crippen LogP contribution < -0.4 is 29.1 Å². The fourth-order valence-corrected chi connectivity index (χ4v) is 3.57. The summed E-state index contributed by atoms with van der Waals surface area (Å²) in [4.78, 5) is 0. The van der Waals surface area contributed by atoms with Gasteiger partial charge < -0.3 is 24.7 Å². The van der Waals surface area contributed by atoms with E-state index in [0.717, 1.165) is 38.6 Å². The van der Waals surface area contributed by atoms with Crippen LogP contribution in [0.3, 0.4) is 0 Å². The topological polar surface area (TPSA) is 67.0 Å². The fourth-order valence-electron chi connectivity index (χ4n) is 3.57. The molecule has 0 atom stereocenters. The average Bonchev–Trinajstić information content (AvgIpc) is 3.16. The lowest BCUT2D eigenvalue weighted by Gasteiger charge is -2.12. The largest absolute Gasteiger partial charge is 0.493 e. The molecule has 4 aromatic rings. The first-order chi connectivity index (χ1) is 13.3. The molecule has 27 heavy (non-hydrogen) atoms. The van der Waals surface area contributed by atoms with Crippen LogP contribution in [0, 0.1) is 0 Å². The van der Waals surface area contributed by atoms with Crippen molar-refractivity contribution >= 4 is 27.1 Å². The Hall–Kier alpha value is -3.25. The van der Waals surface area contributed by atoms with E-state index in [2.05, 4.69) is 22.7 Å². The Bertz CT molecular complexity index is 1190. The van der Waals surface area contributed by atoms with Gasteiger partial charge in [0.05, 0.1) is 17.9 Å². The lowest BCUT2D eigenvalue weighted by atomic mass is 10.1. The third-order valence-electron chi connectivity index (χ3n) is 4.85. The highest BCUT2D eigenvalue weighted by Gasteiger charge is 2.20. The van der Waals surface area contributed by atoms with Gasteiger partial charge in [0.1, 0.15) is 6.61 Å². The summed E-state index contributed by atoms with van der Waals surface area (Å²) >= 11 is 0. The smallest absolute Gasteiger partial charge is 0.231 e. The van der Waals surface area contributed by atoms with Crippen molar-refractivity contribution in [3.05, 3.63) is 48.8 Å². The van der Waals surface area contributed by atoms with Gasteiger partial charge in [0.25, 0.3) is 0 Å². The monoisotopic (exact) mass is 363 g/mol. The number of hydrogen-bond acceptors (Lipinski definition) is 5. The first-order valence-electron chi connectivity index (χ1n) is 8.79. The molecular formula is C21H19N2O4+. The molecule has 0 amide bonds. The van der Waals surface area contributed by atoms with Crippen molar-refractivity contribution < 1.29 is 23.3 Å². The molecule has 0 unspecified atom stereocenters. The second-order valence-electron chi connectivity index (χ2n) is 6.41. The van der Waals surface area contributed by atoms with Crippen LogP contribution in [-0.2, 0) is 0 Å². The summed E-state index contributed by atoms with van der Waals surface area (Å²) in [5.74, 6) is 2.97. The van der Waals surface area contributed by atoms with E-state index in [0.29, 0.717) is 24.7 Å². The van der Waals surface area contributed by atoms with Gasteiger partial charge in [-0.1, -0.05) is 0 Å². The molecule has 0 aliphatic carbocycles. The van der Waals surface area contributed by atoms with E-state index in [1.54, 1.807) is 7.11 Å². The molecule has 0 fully saturated rings. The molecule has 1 aliphatic rings. The quantitative estimate of drug-likeness (QED) is 0.343. The number of aromatic nitrogens is 1. The van der Waals surface area contributed by atoms with Crippen molar-refractivity contribution in [1.29, 1.82) is 0 Å². The summed E-state index contributed by atoms with van der Waals surface area (Å²) in [5.41, 5.74) is 6.69. The number of hydrogen-bond donors (Lipinski definition) is 1. The number of rotatable bonds is 4. The van der Waals surface area contributed by atoms with Crippen molar-refractivity contribution in [3.8, 4) is 23.0 Å². The lowest BCUT2D eigenvalue weighted by Crippen LogP contribution is -2.21. The second kappa shape index (κ2) is 6.17. The van der Waals surface area contributed by atoms with Crippen LogP contribution in [0.1, 0.15) is 0 Å². The summed E-state index contributed by atoms with van der Waals surface area (Å²) < 4.78 is 24.5.